The van der Waals surface area contributed by atoms with E-state index in [1.807, 2.05) is 37.3 Å². The van der Waals surface area contributed by atoms with E-state index >= 15 is 0 Å². The molecule has 0 aromatic heterocycles. The highest BCUT2D eigenvalue weighted by Gasteiger charge is 2.08. The molecule has 0 aliphatic rings. The lowest BCUT2D eigenvalue weighted by Gasteiger charge is -2.13. The molecule has 0 amide bonds. The van der Waals surface area contributed by atoms with Gasteiger partial charge in [-0.3, -0.25) is 0 Å². The SMILES string of the molecule is CCCOc1ccccc1-c1ccc(C)cc1N. The van der Waals surface area contributed by atoms with Crippen LogP contribution >= 0.6 is 0 Å². The normalized spacial score (nSPS) is 10.3. The van der Waals surface area contributed by atoms with E-state index in [1.54, 1.807) is 0 Å². The van der Waals surface area contributed by atoms with E-state index in [0.29, 0.717) is 0 Å². The van der Waals surface area contributed by atoms with E-state index in [1.165, 1.54) is 5.56 Å². The number of hydrogen-bond acceptors (Lipinski definition) is 2. The monoisotopic (exact) mass is 241 g/mol. The molecule has 0 aliphatic heterocycles. The molecule has 94 valence electrons. The summed E-state index contributed by atoms with van der Waals surface area (Å²) in [4.78, 5) is 0. The van der Waals surface area contributed by atoms with E-state index in [4.69, 9.17) is 10.5 Å². The van der Waals surface area contributed by atoms with Crippen LogP contribution in [0.2, 0.25) is 0 Å². The van der Waals surface area contributed by atoms with Crippen molar-refractivity contribution in [3.05, 3.63) is 48.0 Å². The highest BCUT2D eigenvalue weighted by molar-refractivity contribution is 5.80. The van der Waals surface area contributed by atoms with E-state index in [-0.39, 0.29) is 0 Å². The van der Waals surface area contributed by atoms with Gasteiger partial charge < -0.3 is 10.5 Å². The van der Waals surface area contributed by atoms with Crippen LogP contribution in [0.3, 0.4) is 0 Å². The Labute approximate surface area is 108 Å². The van der Waals surface area contributed by atoms with E-state index in [0.717, 1.165) is 35.6 Å². The van der Waals surface area contributed by atoms with E-state index < -0.39 is 0 Å². The van der Waals surface area contributed by atoms with Crippen LogP contribution < -0.4 is 10.5 Å². The van der Waals surface area contributed by atoms with Crippen molar-refractivity contribution in [3.8, 4) is 16.9 Å². The molecule has 0 bridgehead atoms. The van der Waals surface area contributed by atoms with Crippen molar-refractivity contribution in [2.24, 2.45) is 0 Å². The van der Waals surface area contributed by atoms with Gasteiger partial charge in [0, 0.05) is 16.8 Å². The van der Waals surface area contributed by atoms with Crippen molar-refractivity contribution in [1.82, 2.24) is 0 Å². The number of nitrogen functional groups attached to an aromatic ring is 1. The van der Waals surface area contributed by atoms with Gasteiger partial charge >= 0.3 is 0 Å². The molecule has 0 unspecified atom stereocenters. The Morgan fingerprint density at radius 2 is 1.83 bits per heavy atom. The molecule has 0 fully saturated rings. The molecule has 0 spiro atoms. The first kappa shape index (κ1) is 12.5. The van der Waals surface area contributed by atoms with Crippen molar-refractivity contribution in [1.29, 1.82) is 0 Å². The second-order valence-corrected chi connectivity index (χ2v) is 4.44. The van der Waals surface area contributed by atoms with Crippen LogP contribution in [0, 0.1) is 6.92 Å². The largest absolute Gasteiger partial charge is 0.493 e. The number of rotatable bonds is 4. The van der Waals surface area contributed by atoms with Gasteiger partial charge in [0.1, 0.15) is 5.75 Å². The van der Waals surface area contributed by atoms with Crippen molar-refractivity contribution in [2.45, 2.75) is 20.3 Å². The van der Waals surface area contributed by atoms with Crippen LogP contribution in [0.4, 0.5) is 5.69 Å². The zero-order valence-electron chi connectivity index (χ0n) is 10.9. The highest BCUT2D eigenvalue weighted by Crippen LogP contribution is 2.34. The van der Waals surface area contributed by atoms with Crippen molar-refractivity contribution in [2.75, 3.05) is 12.3 Å². The molecule has 2 nitrogen and oxygen atoms in total. The summed E-state index contributed by atoms with van der Waals surface area (Å²) in [6.45, 7) is 4.87. The average molecular weight is 241 g/mol. The first-order valence-electron chi connectivity index (χ1n) is 6.30. The minimum Gasteiger partial charge on any atom is -0.493 e. The van der Waals surface area contributed by atoms with Crippen LogP contribution in [0.25, 0.3) is 11.1 Å². The third-order valence-corrected chi connectivity index (χ3v) is 2.85. The van der Waals surface area contributed by atoms with E-state index in [2.05, 4.69) is 19.1 Å². The van der Waals surface area contributed by atoms with Crippen LogP contribution in [-0.2, 0) is 0 Å². The summed E-state index contributed by atoms with van der Waals surface area (Å²) in [6.07, 6.45) is 0.998. The molecule has 18 heavy (non-hydrogen) atoms. The van der Waals surface area contributed by atoms with Gasteiger partial charge in [0.05, 0.1) is 6.61 Å². The van der Waals surface area contributed by atoms with Gasteiger partial charge in [-0.1, -0.05) is 37.3 Å². The first-order chi connectivity index (χ1) is 8.72. The zero-order chi connectivity index (χ0) is 13.0. The summed E-state index contributed by atoms with van der Waals surface area (Å²) in [5.74, 6) is 0.898. The predicted octanol–water partition coefficient (Wildman–Crippen LogP) is 4.03. The molecule has 2 N–H and O–H groups in total. The summed E-state index contributed by atoms with van der Waals surface area (Å²) < 4.78 is 5.77. The van der Waals surface area contributed by atoms with Crippen molar-refractivity contribution < 1.29 is 4.74 Å². The van der Waals surface area contributed by atoms with Gasteiger partial charge in [0.2, 0.25) is 0 Å². The fourth-order valence-corrected chi connectivity index (χ4v) is 1.95. The molecule has 0 saturated carbocycles. The minimum atomic E-state index is 0.725. The Bertz CT molecular complexity index is 534. The molecule has 2 rings (SSSR count). The predicted molar refractivity (Wildman–Crippen MR) is 76.8 cm³/mol. The lowest BCUT2D eigenvalue weighted by Crippen LogP contribution is -1.98. The molecule has 2 aromatic carbocycles. The van der Waals surface area contributed by atoms with Gasteiger partial charge in [0.25, 0.3) is 0 Å². The summed E-state index contributed by atoms with van der Waals surface area (Å²) in [5, 5.41) is 0. The number of para-hydroxylation sites is 1. The van der Waals surface area contributed by atoms with Gasteiger partial charge in [-0.25, -0.2) is 0 Å². The van der Waals surface area contributed by atoms with Crippen LogP contribution in [0.15, 0.2) is 42.5 Å². The van der Waals surface area contributed by atoms with Gasteiger partial charge in [-0.05, 0) is 31.0 Å². The number of benzene rings is 2. The maximum absolute atomic E-state index is 6.10. The molecule has 0 aliphatic carbocycles. The quantitative estimate of drug-likeness (QED) is 0.820. The number of ether oxygens (including phenoxy) is 1. The van der Waals surface area contributed by atoms with Crippen LogP contribution in [0.1, 0.15) is 18.9 Å². The second-order valence-electron chi connectivity index (χ2n) is 4.44. The minimum absolute atomic E-state index is 0.725. The smallest absolute Gasteiger partial charge is 0.127 e. The van der Waals surface area contributed by atoms with Gasteiger partial charge in [-0.15, -0.1) is 0 Å². The summed E-state index contributed by atoms with van der Waals surface area (Å²) in [5.41, 5.74) is 10.2. The number of hydrogen-bond donors (Lipinski definition) is 1. The highest BCUT2D eigenvalue weighted by atomic mass is 16.5. The Morgan fingerprint density at radius 3 is 2.56 bits per heavy atom. The number of nitrogens with two attached hydrogens (primary N) is 1. The molecular weight excluding hydrogens is 222 g/mol. The Morgan fingerprint density at radius 1 is 1.06 bits per heavy atom. The maximum Gasteiger partial charge on any atom is 0.127 e. The fraction of sp³-hybridized carbons (Fsp3) is 0.250. The summed E-state index contributed by atoms with van der Waals surface area (Å²) >= 11 is 0. The molecular formula is C16H19NO. The summed E-state index contributed by atoms with van der Waals surface area (Å²) in [7, 11) is 0. The molecule has 0 radical (unpaired) electrons. The molecule has 0 heterocycles. The zero-order valence-corrected chi connectivity index (χ0v) is 10.9. The van der Waals surface area contributed by atoms with E-state index in [9.17, 15) is 0 Å². The molecule has 2 heteroatoms. The standard InChI is InChI=1S/C16H19NO/c1-3-10-18-16-7-5-4-6-14(16)13-9-8-12(2)11-15(13)17/h4-9,11H,3,10,17H2,1-2H3. The van der Waals surface area contributed by atoms with Gasteiger partial charge in [-0.2, -0.15) is 0 Å². The third kappa shape index (κ3) is 2.65. The van der Waals surface area contributed by atoms with Crippen LogP contribution in [0.5, 0.6) is 5.75 Å². The average Bonchev–Trinajstić information content (AvgIpc) is 2.37. The lowest BCUT2D eigenvalue weighted by atomic mass is 10.0. The second kappa shape index (κ2) is 5.58. The molecule has 2 aromatic rings. The third-order valence-electron chi connectivity index (χ3n) is 2.85. The summed E-state index contributed by atoms with van der Waals surface area (Å²) in [6, 6.07) is 14.1. The first-order valence-corrected chi connectivity index (χ1v) is 6.30. The molecule has 0 saturated heterocycles. The van der Waals surface area contributed by atoms with Crippen molar-refractivity contribution >= 4 is 5.69 Å². The topological polar surface area (TPSA) is 35.2 Å². The Hall–Kier alpha value is -1.96. The number of anilines is 1. The van der Waals surface area contributed by atoms with Crippen molar-refractivity contribution in [3.63, 3.8) is 0 Å². The molecule has 0 atom stereocenters. The number of aryl methyl sites for hydroxylation is 1. The fourth-order valence-electron chi connectivity index (χ4n) is 1.95. The lowest BCUT2D eigenvalue weighted by molar-refractivity contribution is 0.319. The van der Waals surface area contributed by atoms with Crippen LogP contribution in [-0.4, -0.2) is 6.61 Å². The van der Waals surface area contributed by atoms with Gasteiger partial charge in [0.15, 0.2) is 0 Å². The Balaban J connectivity index is 2.43. The maximum atomic E-state index is 6.10. The Kier molecular flexibility index (Phi) is 3.88.